The highest BCUT2D eigenvalue weighted by atomic mass is 32.2. The molecule has 6 fully saturated rings. The van der Waals surface area contributed by atoms with Gasteiger partial charge in [-0.15, -0.1) is 0 Å². The zero-order valence-corrected chi connectivity index (χ0v) is 71.5. The molecule has 24 nitrogen and oxygen atoms in total. The van der Waals surface area contributed by atoms with Gasteiger partial charge in [0.05, 0.1) is 85.3 Å². The number of rotatable bonds is 20. The van der Waals surface area contributed by atoms with E-state index >= 15 is 0 Å². The van der Waals surface area contributed by atoms with Crippen LogP contribution in [-0.2, 0) is 80.7 Å². The maximum Gasteiger partial charge on any atom is 0.307 e. The maximum absolute atomic E-state index is 15.0. The van der Waals surface area contributed by atoms with Crippen molar-refractivity contribution in [3.8, 4) is 23.3 Å². The molecule has 120 heavy (non-hydrogen) atoms. The number of nitrogens with one attached hydrogen (secondary N) is 2. The third-order valence-corrected chi connectivity index (χ3v) is 31.4. The minimum atomic E-state index is -4.39. The van der Waals surface area contributed by atoms with Crippen molar-refractivity contribution in [1.82, 2.24) is 29.2 Å². The van der Waals surface area contributed by atoms with E-state index in [4.69, 9.17) is 38.4 Å². The molecule has 8 heterocycles. The Morgan fingerprint density at radius 2 is 0.900 bits per heavy atom. The molecule has 14 atom stereocenters. The second-order valence-corrected chi connectivity index (χ2v) is 41.2. The summed E-state index contributed by atoms with van der Waals surface area (Å²) >= 11 is 0. The second kappa shape index (κ2) is 34.0. The van der Waals surface area contributed by atoms with Crippen LogP contribution >= 0.6 is 0 Å². The van der Waals surface area contributed by atoms with Crippen molar-refractivity contribution in [2.45, 2.75) is 267 Å². The van der Waals surface area contributed by atoms with Gasteiger partial charge in [-0.3, -0.25) is 47.8 Å². The maximum atomic E-state index is 15.0. The van der Waals surface area contributed by atoms with Crippen LogP contribution in [0.5, 0.6) is 23.3 Å². The number of pyridine rings is 2. The zero-order chi connectivity index (χ0) is 86.8. The number of Topliss-reactive ketones (excluding diaryl/α,β-unsaturated/α-hetero) is 2. The highest BCUT2D eigenvalue weighted by Crippen LogP contribution is 2.60. The van der Waals surface area contributed by atoms with Gasteiger partial charge in [0, 0.05) is 61.1 Å². The van der Waals surface area contributed by atoms with Crippen molar-refractivity contribution < 1.29 is 110 Å². The molecule has 0 bridgehead atoms. The van der Waals surface area contributed by atoms with E-state index in [1.807, 2.05) is 101 Å². The standard InChI is InChI=1S/2C44H56F3N3O9S/c2*1-26-11-6-7-12-28-22-44(28,40(54)49-60(55,56)43(25-45)16-17-43)23-35(51)34-20-29(58-38-31-14-9-8-13-30(31)37-33(48-38)15-10-18-57-37)24-50(34)39(53)32(27(2)19-26)21-36(52)59-41(3,4)42(5,46)47/h2*7-9,12-14,26-29,32,34H,6,10-11,15-25H2,1-5H3,(H,49,54)/b2*12-7-/t26-,27+,28+,29+,32-,34-,44+;26-,27-,28-,29-,32+,34+,44-/m01/s1. The predicted octanol–water partition coefficient (Wildman–Crippen LogP) is 13.6. The minimum Gasteiger partial charge on any atom is -0.491 e. The van der Waals surface area contributed by atoms with Gasteiger partial charge in [-0.25, -0.2) is 53.1 Å². The molecule has 2 aromatic heterocycles. The number of ether oxygens (including phenoxy) is 6. The number of nitrogens with zero attached hydrogens (tertiary/aromatic N) is 4. The predicted molar refractivity (Wildman–Crippen MR) is 431 cm³/mol. The van der Waals surface area contributed by atoms with Crippen molar-refractivity contribution in [3.63, 3.8) is 0 Å². The number of carbonyl (C=O) groups is 8. The van der Waals surface area contributed by atoms with Crippen LogP contribution in [0.25, 0.3) is 21.5 Å². The molecule has 0 unspecified atom stereocenters. The smallest absolute Gasteiger partial charge is 0.307 e. The van der Waals surface area contributed by atoms with E-state index in [1.165, 1.54) is 9.80 Å². The normalized spacial score (nSPS) is 30.1. The fraction of sp³-hybridized carbons (Fsp3) is 0.659. The Morgan fingerprint density at radius 1 is 0.542 bits per heavy atom. The summed E-state index contributed by atoms with van der Waals surface area (Å²) < 4.78 is 175. The zero-order valence-electron chi connectivity index (χ0n) is 69.9. The SMILES string of the molecule is C[C@@H]1CC/C=C\[C@@H]2C[C@@]2(C(=O)NS(=O)(=O)C2(CF)CC2)CC(=O)[C@@H]2C[C@@H](Oc3nc4c(c5ccccc35)OCCC4)CN2C(=O)[C@@H](CC(=O)OC(C)(C)C(C)(F)F)[C@H](C)C1.C[C@H]1CC/C=C\[C@@H]2C[C@@]2(C(=O)NS(=O)(=O)C2(CF)CC2)CC(=O)[C@@H]2C[C@@H](Oc3nc4c(c5ccccc35)OCCC4)CN2C(=O)[C@@H](CC(=O)OC(C)(C)C(C)(F)F)[C@H](C)C1. The van der Waals surface area contributed by atoms with Gasteiger partial charge in [-0.05, 0) is 178 Å². The molecule has 32 heteroatoms. The molecule has 4 aliphatic carbocycles. The van der Waals surface area contributed by atoms with E-state index in [9.17, 15) is 81.5 Å². The number of fused-ring (bicyclic) bond motifs is 10. The summed E-state index contributed by atoms with van der Waals surface area (Å²) in [6.07, 6.45) is 11.0. The fourth-order valence-corrected chi connectivity index (χ4v) is 21.1. The Bertz CT molecular complexity index is 4650. The molecule has 4 aromatic rings. The van der Waals surface area contributed by atoms with Crippen LogP contribution in [0.2, 0.25) is 0 Å². The summed E-state index contributed by atoms with van der Waals surface area (Å²) in [4.78, 5) is 127. The molecule has 0 radical (unpaired) electrons. The number of halogens is 6. The molecular weight excluding hydrogens is 1610 g/mol. The van der Waals surface area contributed by atoms with Crippen LogP contribution in [0.3, 0.4) is 0 Å². The number of benzene rings is 2. The molecule has 0 spiro atoms. The molecule has 4 saturated carbocycles. The van der Waals surface area contributed by atoms with Gasteiger partial charge in [-0.1, -0.05) is 88.4 Å². The van der Waals surface area contributed by atoms with Crippen LogP contribution in [0.4, 0.5) is 26.3 Å². The van der Waals surface area contributed by atoms with Gasteiger partial charge in [0.2, 0.25) is 55.4 Å². The summed E-state index contributed by atoms with van der Waals surface area (Å²) in [6.45, 7) is 12.0. The average molecular weight is 1720 g/mol. The van der Waals surface area contributed by atoms with E-state index in [0.29, 0.717) is 124 Å². The Balaban J connectivity index is 0.000000207. The first-order valence-electron chi connectivity index (χ1n) is 42.3. The van der Waals surface area contributed by atoms with Crippen molar-refractivity contribution in [2.24, 2.45) is 58.2 Å². The van der Waals surface area contributed by atoms with Crippen LogP contribution in [-0.4, -0.2) is 180 Å². The lowest BCUT2D eigenvalue weighted by atomic mass is 9.82. The summed E-state index contributed by atoms with van der Waals surface area (Å²) in [7, 11) is -8.78. The van der Waals surface area contributed by atoms with Gasteiger partial charge < -0.3 is 38.2 Å². The number of ketones is 2. The topological polar surface area (TPSA) is 317 Å². The molecule has 656 valence electrons. The molecular formula is C88H112F6N6O18S2. The highest BCUT2D eigenvalue weighted by Gasteiger charge is 2.66. The van der Waals surface area contributed by atoms with Crippen LogP contribution < -0.4 is 28.4 Å². The molecule has 2 saturated heterocycles. The van der Waals surface area contributed by atoms with Crippen molar-refractivity contribution in [1.29, 1.82) is 0 Å². The number of aryl methyl sites for hydroxylation is 2. The number of hydrogen-bond donors (Lipinski definition) is 2. The fourth-order valence-electron chi connectivity index (χ4n) is 18.2. The Kier molecular flexibility index (Phi) is 25.3. The van der Waals surface area contributed by atoms with Crippen molar-refractivity contribution in [3.05, 3.63) is 84.2 Å². The second-order valence-electron chi connectivity index (χ2n) is 37.1. The van der Waals surface area contributed by atoms with E-state index in [2.05, 4.69) is 9.44 Å². The number of alkyl halides is 6. The molecule has 10 aliphatic rings. The van der Waals surface area contributed by atoms with Gasteiger partial charge in [0.25, 0.3) is 11.8 Å². The average Bonchev–Trinajstić information content (AvgIpc) is 1.56. The lowest BCUT2D eigenvalue weighted by molar-refractivity contribution is -0.197. The lowest BCUT2D eigenvalue weighted by Gasteiger charge is -2.34. The number of esters is 2. The summed E-state index contributed by atoms with van der Waals surface area (Å²) in [6, 6.07) is 12.6. The molecule has 14 rings (SSSR count). The number of amides is 4. The van der Waals surface area contributed by atoms with Crippen LogP contribution in [0.1, 0.15) is 209 Å². The summed E-state index contributed by atoms with van der Waals surface area (Å²) in [5.74, 6) is -14.6. The summed E-state index contributed by atoms with van der Waals surface area (Å²) in [5.41, 5.74) is -5.82. The number of aromatic nitrogens is 2. The quantitative estimate of drug-likeness (QED) is 0.0472. The Morgan fingerprint density at radius 3 is 1.24 bits per heavy atom. The Hall–Kier alpha value is -8.42. The van der Waals surface area contributed by atoms with Gasteiger partial charge >= 0.3 is 11.9 Å². The van der Waals surface area contributed by atoms with Gasteiger partial charge in [0.1, 0.15) is 46.6 Å². The monoisotopic (exact) mass is 1720 g/mol. The van der Waals surface area contributed by atoms with Gasteiger partial charge in [-0.2, -0.15) is 0 Å². The Labute approximate surface area is 697 Å². The van der Waals surface area contributed by atoms with Crippen LogP contribution in [0, 0.1) is 58.2 Å². The van der Waals surface area contributed by atoms with E-state index < -0.39 is 209 Å². The first-order valence-corrected chi connectivity index (χ1v) is 45.2. The molecule has 2 N–H and O–H groups in total. The third kappa shape index (κ3) is 18.3. The number of carbonyl (C=O) groups excluding carboxylic acids is 8. The number of allylic oxidation sites excluding steroid dienone is 4. The third-order valence-electron chi connectivity index (χ3n) is 27.2. The van der Waals surface area contributed by atoms with E-state index in [-0.39, 0.29) is 76.3 Å². The molecule has 2 aromatic carbocycles. The first kappa shape index (κ1) is 89.3. The number of hydrogen-bond acceptors (Lipinski definition) is 20. The lowest BCUT2D eigenvalue weighted by Crippen LogP contribution is -2.49. The summed E-state index contributed by atoms with van der Waals surface area (Å²) in [5, 5.41) is 2.95. The minimum absolute atomic E-state index is 0.00727. The van der Waals surface area contributed by atoms with E-state index in [1.54, 1.807) is 0 Å². The highest BCUT2D eigenvalue weighted by molar-refractivity contribution is 7.92. The van der Waals surface area contributed by atoms with Crippen LogP contribution in [0.15, 0.2) is 72.8 Å². The van der Waals surface area contributed by atoms with Crippen molar-refractivity contribution in [2.75, 3.05) is 39.7 Å². The van der Waals surface area contributed by atoms with Crippen molar-refractivity contribution >= 4 is 88.7 Å². The largest absolute Gasteiger partial charge is 0.491 e. The first-order chi connectivity index (χ1) is 56.4. The molecule has 4 amide bonds. The number of sulfonamides is 2. The molecule has 6 aliphatic heterocycles. The van der Waals surface area contributed by atoms with Gasteiger partial charge in [0.15, 0.2) is 22.8 Å². The van der Waals surface area contributed by atoms with E-state index in [0.717, 1.165) is 51.3 Å².